The number of furan rings is 1. The Labute approximate surface area is 119 Å². The number of aryl methyl sites for hydroxylation is 1. The van der Waals surface area contributed by atoms with Gasteiger partial charge in [-0.3, -0.25) is 4.79 Å². The molecule has 5 nitrogen and oxygen atoms in total. The van der Waals surface area contributed by atoms with Crippen LogP contribution < -0.4 is 5.32 Å². The van der Waals surface area contributed by atoms with E-state index < -0.39 is 17.7 Å². The van der Waals surface area contributed by atoms with E-state index in [2.05, 4.69) is 5.32 Å². The first-order valence-electron chi connectivity index (χ1n) is 6.03. The van der Waals surface area contributed by atoms with Crippen molar-refractivity contribution in [3.8, 4) is 0 Å². The van der Waals surface area contributed by atoms with Gasteiger partial charge in [0.05, 0.1) is 11.3 Å². The number of rotatable bonds is 4. The summed E-state index contributed by atoms with van der Waals surface area (Å²) in [5.41, 5.74) is 0.681. The van der Waals surface area contributed by atoms with Crippen molar-refractivity contribution in [2.75, 3.05) is 5.32 Å². The molecule has 6 heteroatoms. The molecule has 0 radical (unpaired) electrons. The summed E-state index contributed by atoms with van der Waals surface area (Å²) in [5.74, 6) is -1.69. The second kappa shape index (κ2) is 6.04. The van der Waals surface area contributed by atoms with Crippen molar-refractivity contribution < 1.29 is 23.5 Å². The van der Waals surface area contributed by atoms with Gasteiger partial charge >= 0.3 is 5.97 Å². The lowest BCUT2D eigenvalue weighted by atomic mass is 10.1. The molecule has 1 aromatic carbocycles. The fourth-order valence-electron chi connectivity index (χ4n) is 1.66. The molecule has 108 valence electrons. The Morgan fingerprint density at radius 1 is 1.33 bits per heavy atom. The molecule has 0 saturated carbocycles. The highest BCUT2D eigenvalue weighted by Crippen LogP contribution is 2.18. The maximum Gasteiger partial charge on any atom is 0.328 e. The van der Waals surface area contributed by atoms with Crippen LogP contribution in [0.2, 0.25) is 0 Å². The van der Waals surface area contributed by atoms with Crippen molar-refractivity contribution in [3.05, 3.63) is 59.3 Å². The van der Waals surface area contributed by atoms with Crippen LogP contribution in [0.3, 0.4) is 0 Å². The third-order valence-corrected chi connectivity index (χ3v) is 2.65. The summed E-state index contributed by atoms with van der Waals surface area (Å²) in [5, 5.41) is 10.9. The van der Waals surface area contributed by atoms with E-state index in [9.17, 15) is 14.0 Å². The number of benzene rings is 1. The molecule has 0 bridgehead atoms. The summed E-state index contributed by atoms with van der Waals surface area (Å²) >= 11 is 0. The van der Waals surface area contributed by atoms with E-state index >= 15 is 0 Å². The molecule has 0 atom stereocenters. The van der Waals surface area contributed by atoms with Crippen molar-refractivity contribution in [3.63, 3.8) is 0 Å². The number of carbonyl (C=O) groups is 2. The number of carboxylic acids is 1. The van der Waals surface area contributed by atoms with E-state index in [1.54, 1.807) is 6.92 Å². The molecular weight excluding hydrogens is 277 g/mol. The van der Waals surface area contributed by atoms with Gasteiger partial charge in [-0.25, -0.2) is 9.18 Å². The van der Waals surface area contributed by atoms with Crippen molar-refractivity contribution in [2.24, 2.45) is 0 Å². The Morgan fingerprint density at radius 2 is 2.10 bits per heavy atom. The van der Waals surface area contributed by atoms with Gasteiger partial charge in [-0.15, -0.1) is 0 Å². The number of hydrogen-bond donors (Lipinski definition) is 2. The monoisotopic (exact) mass is 289 g/mol. The second-order valence-electron chi connectivity index (χ2n) is 4.31. The van der Waals surface area contributed by atoms with Crippen LogP contribution in [0.4, 0.5) is 10.1 Å². The van der Waals surface area contributed by atoms with Gasteiger partial charge in [0.1, 0.15) is 17.8 Å². The van der Waals surface area contributed by atoms with Crippen molar-refractivity contribution in [1.82, 2.24) is 0 Å². The molecule has 2 rings (SSSR count). The van der Waals surface area contributed by atoms with Gasteiger partial charge < -0.3 is 14.8 Å². The molecule has 1 aromatic heterocycles. The topological polar surface area (TPSA) is 79.5 Å². The van der Waals surface area contributed by atoms with E-state index in [4.69, 9.17) is 9.52 Å². The number of anilines is 1. The molecule has 2 N–H and O–H groups in total. The highest BCUT2D eigenvalue weighted by molar-refractivity contribution is 6.04. The Morgan fingerprint density at radius 3 is 2.67 bits per heavy atom. The molecule has 0 spiro atoms. The fraction of sp³-hybridized carbons (Fsp3) is 0.0667. The fourth-order valence-corrected chi connectivity index (χ4v) is 1.66. The first-order valence-corrected chi connectivity index (χ1v) is 6.03. The maximum atomic E-state index is 13.8. The number of halogens is 1. The van der Waals surface area contributed by atoms with Gasteiger partial charge in [-0.05, 0) is 36.8 Å². The highest BCUT2D eigenvalue weighted by atomic mass is 19.1. The molecular formula is C15H12FNO4. The molecule has 0 aliphatic rings. The maximum absolute atomic E-state index is 13.8. The van der Waals surface area contributed by atoms with Gasteiger partial charge in [0.2, 0.25) is 0 Å². The van der Waals surface area contributed by atoms with Crippen LogP contribution in [0.25, 0.3) is 6.08 Å². The predicted octanol–water partition coefficient (Wildman–Crippen LogP) is 3.08. The molecule has 0 saturated heterocycles. The number of carboxylic acid groups (broad SMARTS) is 1. The van der Waals surface area contributed by atoms with E-state index in [1.165, 1.54) is 30.5 Å². The molecule has 2 aromatic rings. The summed E-state index contributed by atoms with van der Waals surface area (Å²) < 4.78 is 18.8. The number of hydrogen-bond acceptors (Lipinski definition) is 3. The largest absolute Gasteiger partial charge is 0.478 e. The first-order chi connectivity index (χ1) is 9.95. The molecule has 0 aliphatic carbocycles. The standard InChI is InChI=1S/C15H12FNO4/c1-9-6-11(8-21-9)15(20)17-13-4-2-10(7-12(13)16)3-5-14(18)19/h2-8H,1H3,(H,17,20)(H,18,19)/b5-3+. The van der Waals surface area contributed by atoms with E-state index in [-0.39, 0.29) is 5.69 Å². The SMILES string of the molecule is Cc1cc(C(=O)Nc2ccc(/C=C/C(=O)O)cc2F)co1. The summed E-state index contributed by atoms with van der Waals surface area (Å²) in [7, 11) is 0. The Kier molecular flexibility index (Phi) is 4.18. The average Bonchev–Trinajstić information content (AvgIpc) is 2.86. The van der Waals surface area contributed by atoms with Crippen molar-refractivity contribution in [2.45, 2.75) is 6.92 Å². The highest BCUT2D eigenvalue weighted by Gasteiger charge is 2.11. The molecule has 1 heterocycles. The third kappa shape index (κ3) is 3.79. The number of aliphatic carboxylic acids is 1. The van der Waals surface area contributed by atoms with Crippen LogP contribution in [0, 0.1) is 12.7 Å². The molecule has 1 amide bonds. The summed E-state index contributed by atoms with van der Waals surface area (Å²) in [6.07, 6.45) is 3.45. The smallest absolute Gasteiger partial charge is 0.328 e. The molecule has 0 fully saturated rings. The van der Waals surface area contributed by atoms with Crippen molar-refractivity contribution >= 4 is 23.6 Å². The van der Waals surface area contributed by atoms with Crippen LogP contribution in [0.5, 0.6) is 0 Å². The van der Waals surface area contributed by atoms with Crippen LogP contribution in [-0.4, -0.2) is 17.0 Å². The zero-order chi connectivity index (χ0) is 15.4. The Hall–Kier alpha value is -2.89. The first kappa shape index (κ1) is 14.5. The van der Waals surface area contributed by atoms with Crippen LogP contribution in [-0.2, 0) is 4.79 Å². The molecule has 0 aliphatic heterocycles. The second-order valence-corrected chi connectivity index (χ2v) is 4.31. The minimum atomic E-state index is -1.12. The van der Waals surface area contributed by atoms with Crippen molar-refractivity contribution in [1.29, 1.82) is 0 Å². The normalized spacial score (nSPS) is 10.8. The number of amides is 1. The van der Waals surface area contributed by atoms with Gasteiger partial charge in [0, 0.05) is 6.08 Å². The lowest BCUT2D eigenvalue weighted by Gasteiger charge is -2.05. The molecule has 0 unspecified atom stereocenters. The lowest BCUT2D eigenvalue weighted by Crippen LogP contribution is -2.12. The Bertz CT molecular complexity index is 718. The third-order valence-electron chi connectivity index (χ3n) is 2.65. The summed E-state index contributed by atoms with van der Waals surface area (Å²) in [6.45, 7) is 1.70. The van der Waals surface area contributed by atoms with Gasteiger partial charge in [-0.2, -0.15) is 0 Å². The minimum Gasteiger partial charge on any atom is -0.478 e. The summed E-state index contributed by atoms with van der Waals surface area (Å²) in [6, 6.07) is 5.54. The summed E-state index contributed by atoms with van der Waals surface area (Å²) in [4.78, 5) is 22.2. The van der Waals surface area contributed by atoms with E-state index in [0.717, 1.165) is 12.1 Å². The van der Waals surface area contributed by atoms with E-state index in [0.29, 0.717) is 16.9 Å². The molecule has 21 heavy (non-hydrogen) atoms. The van der Waals surface area contributed by atoms with Gasteiger partial charge in [-0.1, -0.05) is 6.07 Å². The van der Waals surface area contributed by atoms with Crippen LogP contribution in [0.1, 0.15) is 21.7 Å². The lowest BCUT2D eigenvalue weighted by molar-refractivity contribution is -0.131. The van der Waals surface area contributed by atoms with E-state index in [1.807, 2.05) is 0 Å². The zero-order valence-electron chi connectivity index (χ0n) is 11.1. The van der Waals surface area contributed by atoms with Crippen LogP contribution >= 0.6 is 0 Å². The zero-order valence-corrected chi connectivity index (χ0v) is 11.1. The minimum absolute atomic E-state index is 0.00586. The van der Waals surface area contributed by atoms with Crippen LogP contribution in [0.15, 0.2) is 41.0 Å². The number of nitrogens with one attached hydrogen (secondary N) is 1. The number of carbonyl (C=O) groups excluding carboxylic acids is 1. The van der Waals surface area contributed by atoms with Gasteiger partial charge in [0.15, 0.2) is 0 Å². The van der Waals surface area contributed by atoms with Gasteiger partial charge in [0.25, 0.3) is 5.91 Å². The Balaban J connectivity index is 2.14. The average molecular weight is 289 g/mol. The quantitative estimate of drug-likeness (QED) is 0.848. The predicted molar refractivity (Wildman–Crippen MR) is 74.5 cm³/mol.